The Kier molecular flexibility index (Phi) is 3.64. The second-order valence-corrected chi connectivity index (χ2v) is 6.66. The highest BCUT2D eigenvalue weighted by atomic mass is 16.4. The lowest BCUT2D eigenvalue weighted by Crippen LogP contribution is -2.33. The molecule has 1 amide bonds. The van der Waals surface area contributed by atoms with Gasteiger partial charge in [0.05, 0.1) is 6.42 Å². The molecule has 1 N–H and O–H groups in total. The summed E-state index contributed by atoms with van der Waals surface area (Å²) in [6.07, 6.45) is 4.22. The van der Waals surface area contributed by atoms with E-state index in [1.165, 1.54) is 19.3 Å². The molecule has 0 spiro atoms. The van der Waals surface area contributed by atoms with Crippen molar-refractivity contribution in [3.05, 3.63) is 0 Å². The van der Waals surface area contributed by atoms with E-state index in [-0.39, 0.29) is 12.3 Å². The number of hydrogen-bond donors (Lipinski definition) is 1. The number of hydrogen-bond acceptors (Lipinski definition) is 2. The molecule has 1 saturated carbocycles. The summed E-state index contributed by atoms with van der Waals surface area (Å²) in [6.45, 7) is 5.51. The zero-order chi connectivity index (χ0) is 13.3. The number of carboxylic acid groups (broad SMARTS) is 1. The zero-order valence-electron chi connectivity index (χ0n) is 11.3. The monoisotopic (exact) mass is 253 g/mol. The second-order valence-electron chi connectivity index (χ2n) is 6.66. The average Bonchev–Trinajstić information content (AvgIpc) is 2.71. The van der Waals surface area contributed by atoms with E-state index >= 15 is 0 Å². The van der Waals surface area contributed by atoms with Gasteiger partial charge in [-0.05, 0) is 30.1 Å². The maximum Gasteiger partial charge on any atom is 0.303 e. The zero-order valence-corrected chi connectivity index (χ0v) is 11.3. The van der Waals surface area contributed by atoms with Crippen molar-refractivity contribution in [2.75, 3.05) is 13.1 Å². The fourth-order valence-corrected chi connectivity index (χ4v) is 3.43. The molecule has 0 radical (unpaired) electrons. The molecule has 2 atom stereocenters. The van der Waals surface area contributed by atoms with Gasteiger partial charge < -0.3 is 10.0 Å². The van der Waals surface area contributed by atoms with Gasteiger partial charge in [-0.15, -0.1) is 0 Å². The molecule has 102 valence electrons. The molecule has 1 saturated heterocycles. The fraction of sp³-hybridized carbons (Fsp3) is 0.857. The maximum atomic E-state index is 12.2. The van der Waals surface area contributed by atoms with Crippen molar-refractivity contribution in [3.63, 3.8) is 0 Å². The van der Waals surface area contributed by atoms with Crippen LogP contribution < -0.4 is 0 Å². The summed E-state index contributed by atoms with van der Waals surface area (Å²) in [5.41, 5.74) is -0.444. The molecule has 1 aliphatic heterocycles. The van der Waals surface area contributed by atoms with Gasteiger partial charge >= 0.3 is 5.97 Å². The van der Waals surface area contributed by atoms with E-state index in [9.17, 15) is 9.59 Å². The van der Waals surface area contributed by atoms with Crippen molar-refractivity contribution in [3.8, 4) is 0 Å². The van der Waals surface area contributed by atoms with E-state index in [0.717, 1.165) is 13.1 Å². The quantitative estimate of drug-likeness (QED) is 0.835. The summed E-state index contributed by atoms with van der Waals surface area (Å²) >= 11 is 0. The Hall–Kier alpha value is -1.06. The SMILES string of the molecule is CC(C)(CC(=O)O)CC(=O)N1CC2CCCC2C1. The smallest absolute Gasteiger partial charge is 0.303 e. The molecule has 0 bridgehead atoms. The summed E-state index contributed by atoms with van der Waals surface area (Å²) in [5.74, 6) is 0.717. The number of carbonyl (C=O) groups excluding carboxylic acids is 1. The third-order valence-electron chi connectivity index (χ3n) is 4.34. The van der Waals surface area contributed by atoms with E-state index in [2.05, 4.69) is 0 Å². The topological polar surface area (TPSA) is 57.6 Å². The average molecular weight is 253 g/mol. The lowest BCUT2D eigenvalue weighted by Gasteiger charge is -2.25. The fourth-order valence-electron chi connectivity index (χ4n) is 3.43. The second kappa shape index (κ2) is 4.90. The molecule has 0 aromatic rings. The molecule has 2 unspecified atom stereocenters. The van der Waals surface area contributed by atoms with Crippen LogP contribution in [0.3, 0.4) is 0 Å². The lowest BCUT2D eigenvalue weighted by molar-refractivity contribution is -0.140. The Morgan fingerprint density at radius 2 is 1.72 bits per heavy atom. The summed E-state index contributed by atoms with van der Waals surface area (Å²) in [6, 6.07) is 0. The van der Waals surface area contributed by atoms with Crippen LogP contribution in [0.4, 0.5) is 0 Å². The minimum absolute atomic E-state index is 0.0550. The van der Waals surface area contributed by atoms with E-state index in [1.807, 2.05) is 18.7 Å². The van der Waals surface area contributed by atoms with Crippen LogP contribution in [0.25, 0.3) is 0 Å². The molecule has 18 heavy (non-hydrogen) atoms. The predicted octanol–water partition coefficient (Wildman–Crippen LogP) is 2.14. The van der Waals surface area contributed by atoms with E-state index in [1.54, 1.807) is 0 Å². The van der Waals surface area contributed by atoms with Crippen molar-refractivity contribution >= 4 is 11.9 Å². The molecule has 4 heteroatoms. The van der Waals surface area contributed by atoms with E-state index in [0.29, 0.717) is 18.3 Å². The highest BCUT2D eigenvalue weighted by Gasteiger charge is 2.39. The minimum atomic E-state index is -0.828. The minimum Gasteiger partial charge on any atom is -0.481 e. The molecular formula is C14H23NO3. The first-order chi connectivity index (χ1) is 8.37. The van der Waals surface area contributed by atoms with Gasteiger partial charge in [-0.25, -0.2) is 0 Å². The maximum absolute atomic E-state index is 12.2. The van der Waals surface area contributed by atoms with Crippen molar-refractivity contribution in [1.29, 1.82) is 0 Å². The normalized spacial score (nSPS) is 27.3. The summed E-state index contributed by atoms with van der Waals surface area (Å²) in [4.78, 5) is 24.9. The third kappa shape index (κ3) is 3.03. The highest BCUT2D eigenvalue weighted by Crippen LogP contribution is 2.38. The Morgan fingerprint density at radius 3 is 2.22 bits per heavy atom. The number of amides is 1. The Labute approximate surface area is 108 Å². The first kappa shape index (κ1) is 13.4. The Balaban J connectivity index is 1.87. The highest BCUT2D eigenvalue weighted by molar-refractivity contribution is 5.78. The van der Waals surface area contributed by atoms with Gasteiger partial charge in [-0.2, -0.15) is 0 Å². The van der Waals surface area contributed by atoms with Crippen LogP contribution >= 0.6 is 0 Å². The Bertz CT molecular complexity index is 339. The van der Waals surface area contributed by atoms with Crippen LogP contribution in [0.15, 0.2) is 0 Å². The first-order valence-electron chi connectivity index (χ1n) is 6.87. The summed E-state index contributed by atoms with van der Waals surface area (Å²) in [7, 11) is 0. The molecule has 2 aliphatic rings. The van der Waals surface area contributed by atoms with Crippen molar-refractivity contribution in [1.82, 2.24) is 4.90 Å². The van der Waals surface area contributed by atoms with Crippen LogP contribution in [-0.2, 0) is 9.59 Å². The van der Waals surface area contributed by atoms with Crippen LogP contribution in [0.2, 0.25) is 0 Å². The van der Waals surface area contributed by atoms with E-state index in [4.69, 9.17) is 5.11 Å². The van der Waals surface area contributed by atoms with Crippen molar-refractivity contribution in [2.24, 2.45) is 17.3 Å². The molecule has 0 aromatic carbocycles. The largest absolute Gasteiger partial charge is 0.481 e. The lowest BCUT2D eigenvalue weighted by atomic mass is 9.85. The number of fused-ring (bicyclic) bond motifs is 1. The van der Waals surface area contributed by atoms with Gasteiger partial charge in [-0.1, -0.05) is 20.3 Å². The van der Waals surface area contributed by atoms with Gasteiger partial charge in [0.25, 0.3) is 0 Å². The first-order valence-corrected chi connectivity index (χ1v) is 6.87. The molecule has 1 heterocycles. The van der Waals surface area contributed by atoms with Gasteiger partial charge in [0.1, 0.15) is 0 Å². The van der Waals surface area contributed by atoms with Gasteiger partial charge in [0.2, 0.25) is 5.91 Å². The van der Waals surface area contributed by atoms with Gasteiger partial charge in [0.15, 0.2) is 0 Å². The summed E-state index contributed by atoms with van der Waals surface area (Å²) in [5, 5.41) is 8.83. The number of carbonyl (C=O) groups is 2. The molecule has 1 aliphatic carbocycles. The molecule has 2 fully saturated rings. The third-order valence-corrected chi connectivity index (χ3v) is 4.34. The van der Waals surface area contributed by atoms with Crippen LogP contribution in [0.5, 0.6) is 0 Å². The van der Waals surface area contributed by atoms with Gasteiger partial charge in [-0.3, -0.25) is 9.59 Å². The Morgan fingerprint density at radius 1 is 1.17 bits per heavy atom. The number of nitrogens with zero attached hydrogens (tertiary/aromatic N) is 1. The molecular weight excluding hydrogens is 230 g/mol. The van der Waals surface area contributed by atoms with Crippen molar-refractivity contribution < 1.29 is 14.7 Å². The number of rotatable bonds is 4. The summed E-state index contributed by atoms with van der Waals surface area (Å²) < 4.78 is 0. The number of carboxylic acids is 1. The number of aliphatic carboxylic acids is 1. The van der Waals surface area contributed by atoms with Crippen LogP contribution in [-0.4, -0.2) is 35.0 Å². The molecule has 4 nitrogen and oxygen atoms in total. The molecule has 2 rings (SSSR count). The van der Waals surface area contributed by atoms with Crippen LogP contribution in [0, 0.1) is 17.3 Å². The van der Waals surface area contributed by atoms with Gasteiger partial charge in [0, 0.05) is 19.5 Å². The van der Waals surface area contributed by atoms with Crippen molar-refractivity contribution in [2.45, 2.75) is 46.0 Å². The van der Waals surface area contributed by atoms with Crippen LogP contribution in [0.1, 0.15) is 46.0 Å². The molecule has 0 aromatic heterocycles. The number of likely N-dealkylation sites (tertiary alicyclic amines) is 1. The predicted molar refractivity (Wildman–Crippen MR) is 68.1 cm³/mol. The van der Waals surface area contributed by atoms with E-state index < -0.39 is 11.4 Å². The standard InChI is InChI=1S/C14H23NO3/c1-14(2,7-13(17)18)6-12(16)15-8-10-4-3-5-11(10)9-15/h10-11H,3-9H2,1-2H3,(H,17,18).